The van der Waals surface area contributed by atoms with Gasteiger partial charge in [0.1, 0.15) is 0 Å². The number of thiazole rings is 1. The summed E-state index contributed by atoms with van der Waals surface area (Å²) in [5, 5.41) is 0. The molecular formula is C20H18N2O5S. The van der Waals surface area contributed by atoms with E-state index in [9.17, 15) is 4.79 Å². The number of carbonyl (C=O) groups is 1. The fourth-order valence-corrected chi connectivity index (χ4v) is 4.02. The number of benzene rings is 2. The summed E-state index contributed by atoms with van der Waals surface area (Å²) >= 11 is 1.41. The summed E-state index contributed by atoms with van der Waals surface area (Å²) in [6, 6.07) is 8.77. The lowest BCUT2D eigenvalue weighted by Gasteiger charge is -2.07. The van der Waals surface area contributed by atoms with Gasteiger partial charge in [-0.05, 0) is 18.2 Å². The summed E-state index contributed by atoms with van der Waals surface area (Å²) in [4.78, 5) is 17.7. The minimum Gasteiger partial charge on any atom is -0.493 e. The van der Waals surface area contributed by atoms with Gasteiger partial charge < -0.3 is 23.5 Å². The van der Waals surface area contributed by atoms with Gasteiger partial charge in [-0.15, -0.1) is 6.58 Å². The van der Waals surface area contributed by atoms with E-state index >= 15 is 0 Å². The third-order valence-electron chi connectivity index (χ3n) is 4.32. The molecule has 0 bridgehead atoms. The summed E-state index contributed by atoms with van der Waals surface area (Å²) in [6.45, 7) is 4.53. The number of nitrogens with zero attached hydrogens (tertiary/aromatic N) is 2. The highest BCUT2D eigenvalue weighted by Gasteiger charge is 2.18. The molecule has 1 aliphatic rings. The van der Waals surface area contributed by atoms with Gasteiger partial charge in [0, 0.05) is 24.2 Å². The number of allylic oxidation sites excluding steroid dienone is 1. The van der Waals surface area contributed by atoms with Gasteiger partial charge in [-0.3, -0.25) is 4.79 Å². The Balaban J connectivity index is 1.81. The second-order valence-corrected chi connectivity index (χ2v) is 6.95. The molecule has 3 aromatic rings. The minimum absolute atomic E-state index is 0.211. The first-order chi connectivity index (χ1) is 13.6. The first-order valence-electron chi connectivity index (χ1n) is 8.49. The molecule has 0 unspecified atom stereocenters. The Morgan fingerprint density at radius 2 is 1.96 bits per heavy atom. The Labute approximate surface area is 165 Å². The smallest absolute Gasteiger partial charge is 0.279 e. The molecule has 0 fully saturated rings. The number of hydrogen-bond acceptors (Lipinski definition) is 6. The lowest BCUT2D eigenvalue weighted by Crippen LogP contribution is -2.16. The zero-order valence-corrected chi connectivity index (χ0v) is 16.2. The van der Waals surface area contributed by atoms with E-state index in [1.165, 1.54) is 18.4 Å². The van der Waals surface area contributed by atoms with Gasteiger partial charge in [-0.1, -0.05) is 17.4 Å². The molecule has 0 aliphatic carbocycles. The van der Waals surface area contributed by atoms with Gasteiger partial charge in [0.25, 0.3) is 5.91 Å². The van der Waals surface area contributed by atoms with Crippen LogP contribution in [-0.2, 0) is 6.54 Å². The van der Waals surface area contributed by atoms with E-state index in [0.717, 1.165) is 10.2 Å². The van der Waals surface area contributed by atoms with E-state index in [1.807, 2.05) is 16.7 Å². The highest BCUT2D eigenvalue weighted by atomic mass is 32.1. The van der Waals surface area contributed by atoms with Crippen LogP contribution >= 0.6 is 11.3 Å². The van der Waals surface area contributed by atoms with Crippen molar-refractivity contribution in [1.82, 2.24) is 4.57 Å². The van der Waals surface area contributed by atoms with Crippen LogP contribution in [0, 0.1) is 0 Å². The molecule has 2 heterocycles. The molecule has 0 saturated carbocycles. The van der Waals surface area contributed by atoms with Crippen LogP contribution in [0.5, 0.6) is 23.0 Å². The van der Waals surface area contributed by atoms with E-state index in [4.69, 9.17) is 18.9 Å². The van der Waals surface area contributed by atoms with Crippen molar-refractivity contribution < 1.29 is 23.7 Å². The Hall–Kier alpha value is -3.26. The Morgan fingerprint density at radius 3 is 2.68 bits per heavy atom. The van der Waals surface area contributed by atoms with Crippen LogP contribution in [0.2, 0.25) is 0 Å². The lowest BCUT2D eigenvalue weighted by molar-refractivity contribution is 0.0997. The number of amides is 1. The van der Waals surface area contributed by atoms with Crippen LogP contribution in [0.25, 0.3) is 10.2 Å². The lowest BCUT2D eigenvalue weighted by atomic mass is 10.2. The summed E-state index contributed by atoms with van der Waals surface area (Å²) in [5.74, 6) is 2.03. The normalized spacial score (nSPS) is 13.0. The molecule has 7 nitrogen and oxygen atoms in total. The first kappa shape index (κ1) is 18.1. The average molecular weight is 398 g/mol. The van der Waals surface area contributed by atoms with Crippen LogP contribution in [0.1, 0.15) is 10.4 Å². The standard InChI is InChI=1S/C20H18N2O5S/c1-4-7-22-13-9-16-17(27-11-26-16)10-18(13)28-20(22)21-19(23)12-5-6-14(24-2)15(8-12)25-3/h4-6,8-10H,1,7,11H2,2-3H3. The molecule has 2 aromatic carbocycles. The van der Waals surface area contributed by atoms with Crippen molar-refractivity contribution in [2.24, 2.45) is 4.99 Å². The van der Waals surface area contributed by atoms with Crippen molar-refractivity contribution in [2.75, 3.05) is 21.0 Å². The SMILES string of the molecule is C=CCn1c(=NC(=O)c2ccc(OC)c(OC)c2)sc2cc3c(cc21)OCO3. The summed E-state index contributed by atoms with van der Waals surface area (Å²) in [7, 11) is 3.07. The van der Waals surface area contributed by atoms with Crippen LogP contribution in [0.4, 0.5) is 0 Å². The Bertz CT molecular complexity index is 1150. The monoisotopic (exact) mass is 398 g/mol. The zero-order chi connectivity index (χ0) is 19.7. The van der Waals surface area contributed by atoms with Gasteiger partial charge >= 0.3 is 0 Å². The van der Waals surface area contributed by atoms with Crippen molar-refractivity contribution in [3.8, 4) is 23.0 Å². The highest BCUT2D eigenvalue weighted by Crippen LogP contribution is 2.37. The summed E-state index contributed by atoms with van der Waals surface area (Å²) in [5.41, 5.74) is 1.32. The maximum absolute atomic E-state index is 12.8. The number of methoxy groups -OCH3 is 2. The van der Waals surface area contributed by atoms with E-state index in [2.05, 4.69) is 11.6 Å². The fourth-order valence-electron chi connectivity index (χ4n) is 2.97. The van der Waals surface area contributed by atoms with Crippen LogP contribution in [0.3, 0.4) is 0 Å². The molecule has 1 aromatic heterocycles. The van der Waals surface area contributed by atoms with E-state index in [-0.39, 0.29) is 12.7 Å². The van der Waals surface area contributed by atoms with E-state index in [1.54, 1.807) is 31.4 Å². The summed E-state index contributed by atoms with van der Waals surface area (Å²) < 4.78 is 24.3. The zero-order valence-electron chi connectivity index (χ0n) is 15.4. The van der Waals surface area contributed by atoms with Crippen molar-refractivity contribution >= 4 is 27.5 Å². The van der Waals surface area contributed by atoms with Gasteiger partial charge in [-0.25, -0.2) is 0 Å². The average Bonchev–Trinajstić information content (AvgIpc) is 3.30. The van der Waals surface area contributed by atoms with Gasteiger partial charge in [0.15, 0.2) is 27.8 Å². The van der Waals surface area contributed by atoms with Crippen LogP contribution < -0.4 is 23.7 Å². The number of aromatic nitrogens is 1. The minimum atomic E-state index is -0.370. The molecule has 4 rings (SSSR count). The summed E-state index contributed by atoms with van der Waals surface area (Å²) in [6.07, 6.45) is 1.76. The van der Waals surface area contributed by atoms with Crippen molar-refractivity contribution in [2.45, 2.75) is 6.54 Å². The Morgan fingerprint density at radius 1 is 1.21 bits per heavy atom. The molecule has 0 saturated heterocycles. The molecule has 1 aliphatic heterocycles. The second-order valence-electron chi connectivity index (χ2n) is 5.94. The first-order valence-corrected chi connectivity index (χ1v) is 9.31. The predicted octanol–water partition coefficient (Wildman–Crippen LogP) is 3.38. The topological polar surface area (TPSA) is 71.3 Å². The molecule has 1 amide bonds. The van der Waals surface area contributed by atoms with Gasteiger partial charge in [0.2, 0.25) is 6.79 Å². The quantitative estimate of drug-likeness (QED) is 0.616. The second kappa shape index (κ2) is 7.40. The molecular weight excluding hydrogens is 380 g/mol. The largest absolute Gasteiger partial charge is 0.493 e. The van der Waals surface area contributed by atoms with E-state index in [0.29, 0.717) is 39.9 Å². The van der Waals surface area contributed by atoms with Crippen LogP contribution in [-0.4, -0.2) is 31.5 Å². The molecule has 28 heavy (non-hydrogen) atoms. The number of ether oxygens (including phenoxy) is 4. The fraction of sp³-hybridized carbons (Fsp3) is 0.200. The van der Waals surface area contributed by atoms with Crippen LogP contribution in [0.15, 0.2) is 48.0 Å². The number of rotatable bonds is 5. The molecule has 0 spiro atoms. The predicted molar refractivity (Wildman–Crippen MR) is 106 cm³/mol. The molecule has 0 N–H and O–H groups in total. The van der Waals surface area contributed by atoms with Crippen molar-refractivity contribution in [3.63, 3.8) is 0 Å². The van der Waals surface area contributed by atoms with Gasteiger partial charge in [0.05, 0.1) is 24.4 Å². The molecule has 8 heteroatoms. The van der Waals surface area contributed by atoms with Gasteiger partial charge in [-0.2, -0.15) is 4.99 Å². The maximum atomic E-state index is 12.8. The number of hydrogen-bond donors (Lipinski definition) is 0. The third-order valence-corrected chi connectivity index (χ3v) is 5.36. The molecule has 0 atom stereocenters. The molecule has 0 radical (unpaired) electrons. The Kier molecular flexibility index (Phi) is 4.79. The van der Waals surface area contributed by atoms with Crippen molar-refractivity contribution in [1.29, 1.82) is 0 Å². The number of carbonyl (C=O) groups excluding carboxylic acids is 1. The molecule has 144 valence electrons. The van der Waals surface area contributed by atoms with E-state index < -0.39 is 0 Å². The maximum Gasteiger partial charge on any atom is 0.279 e. The third kappa shape index (κ3) is 3.11. The highest BCUT2D eigenvalue weighted by molar-refractivity contribution is 7.16. The number of fused-ring (bicyclic) bond motifs is 2. The van der Waals surface area contributed by atoms with Crippen molar-refractivity contribution in [3.05, 3.63) is 53.4 Å².